The van der Waals surface area contributed by atoms with Crippen LogP contribution in [0.2, 0.25) is 5.02 Å². The van der Waals surface area contributed by atoms with Gasteiger partial charge in [-0.05, 0) is 64.8 Å². The molecule has 1 aromatic carbocycles. The van der Waals surface area contributed by atoms with Crippen molar-refractivity contribution in [1.29, 1.82) is 0 Å². The standard InChI is InChI=1S/C25H28ClF3N4O2/c1-5-18(25(27,28)29)8-6-7-15-24(3,4)30-22(34)16(2)33-23(35)32(20-13-14-20)21(31-33)17-9-11-19(26)12-10-17/h5-12,15-16,20H,13-14H2,1-4H3,(H,30,34)/b8-6-,15-7+,18-5+. The van der Waals surface area contributed by atoms with Gasteiger partial charge in [-0.15, -0.1) is 5.10 Å². The lowest BCUT2D eigenvalue weighted by atomic mass is 10.0. The first-order valence-corrected chi connectivity index (χ1v) is 11.6. The number of aromatic nitrogens is 3. The van der Waals surface area contributed by atoms with E-state index in [0.29, 0.717) is 10.8 Å². The van der Waals surface area contributed by atoms with Crippen LogP contribution in [-0.4, -0.2) is 32.0 Å². The van der Waals surface area contributed by atoms with E-state index in [9.17, 15) is 22.8 Å². The first-order chi connectivity index (χ1) is 16.3. The first kappa shape index (κ1) is 26.5. The minimum Gasteiger partial charge on any atom is -0.346 e. The van der Waals surface area contributed by atoms with E-state index in [4.69, 9.17) is 11.6 Å². The molecule has 0 saturated heterocycles. The summed E-state index contributed by atoms with van der Waals surface area (Å²) in [6, 6.07) is 6.11. The van der Waals surface area contributed by atoms with Gasteiger partial charge >= 0.3 is 11.9 Å². The van der Waals surface area contributed by atoms with E-state index in [1.165, 1.54) is 23.8 Å². The number of carbonyl (C=O) groups excluding carboxylic acids is 1. The van der Waals surface area contributed by atoms with Crippen LogP contribution in [0.15, 0.2) is 65.0 Å². The summed E-state index contributed by atoms with van der Waals surface area (Å²) < 4.78 is 41.2. The molecule has 35 heavy (non-hydrogen) atoms. The largest absolute Gasteiger partial charge is 0.416 e. The maximum Gasteiger partial charge on any atom is 0.416 e. The van der Waals surface area contributed by atoms with Gasteiger partial charge in [-0.25, -0.2) is 9.48 Å². The molecule has 6 nitrogen and oxygen atoms in total. The molecule has 1 N–H and O–H groups in total. The number of alkyl halides is 3. The Morgan fingerprint density at radius 1 is 1.20 bits per heavy atom. The van der Waals surface area contributed by atoms with Crippen molar-refractivity contribution in [3.8, 4) is 11.4 Å². The van der Waals surface area contributed by atoms with E-state index in [-0.39, 0.29) is 11.7 Å². The van der Waals surface area contributed by atoms with E-state index >= 15 is 0 Å². The maximum atomic E-state index is 13.1. The molecule has 1 unspecified atom stereocenters. The molecule has 10 heteroatoms. The van der Waals surface area contributed by atoms with Crippen LogP contribution in [0.4, 0.5) is 13.2 Å². The number of hydrogen-bond donors (Lipinski definition) is 1. The number of carbonyl (C=O) groups is 1. The Kier molecular flexibility index (Phi) is 7.79. The molecule has 0 aliphatic heterocycles. The van der Waals surface area contributed by atoms with Gasteiger partial charge in [0.2, 0.25) is 5.91 Å². The Balaban J connectivity index is 1.77. The SMILES string of the molecule is C\C=C(/C=C\C=C\C(C)(C)NC(=O)C(C)n1nc(-c2ccc(Cl)cc2)n(C2CC2)c1=O)C(F)(F)F. The van der Waals surface area contributed by atoms with Crippen LogP contribution < -0.4 is 11.0 Å². The summed E-state index contributed by atoms with van der Waals surface area (Å²) in [6.45, 7) is 6.29. The molecule has 1 aliphatic rings. The van der Waals surface area contributed by atoms with Crippen LogP contribution in [0.5, 0.6) is 0 Å². The summed E-state index contributed by atoms with van der Waals surface area (Å²) in [5.41, 5.74) is -1.30. The van der Waals surface area contributed by atoms with Gasteiger partial charge in [0.15, 0.2) is 5.82 Å². The highest BCUT2D eigenvalue weighted by atomic mass is 35.5. The minimum absolute atomic E-state index is 0.0436. The highest BCUT2D eigenvalue weighted by Gasteiger charge is 2.33. The molecular weight excluding hydrogens is 481 g/mol. The third kappa shape index (κ3) is 6.54. The van der Waals surface area contributed by atoms with Gasteiger partial charge in [0.1, 0.15) is 6.04 Å². The fourth-order valence-electron chi connectivity index (χ4n) is 3.49. The number of allylic oxidation sites excluding steroid dienone is 5. The van der Waals surface area contributed by atoms with Gasteiger partial charge in [0, 0.05) is 16.6 Å². The van der Waals surface area contributed by atoms with Crippen LogP contribution >= 0.6 is 11.6 Å². The monoisotopic (exact) mass is 508 g/mol. The van der Waals surface area contributed by atoms with Gasteiger partial charge in [-0.2, -0.15) is 13.2 Å². The Hall–Kier alpha value is -3.07. The molecule has 3 rings (SSSR count). The number of amides is 1. The summed E-state index contributed by atoms with van der Waals surface area (Å²) in [5, 5.41) is 7.84. The van der Waals surface area contributed by atoms with E-state index in [1.54, 1.807) is 55.7 Å². The van der Waals surface area contributed by atoms with Gasteiger partial charge in [-0.3, -0.25) is 9.36 Å². The number of rotatable bonds is 8. The molecule has 1 fully saturated rings. The Morgan fingerprint density at radius 2 is 1.83 bits per heavy atom. The van der Waals surface area contributed by atoms with Crippen LogP contribution in [-0.2, 0) is 4.79 Å². The zero-order valence-electron chi connectivity index (χ0n) is 19.9. The van der Waals surface area contributed by atoms with Crippen molar-refractivity contribution in [2.24, 2.45) is 0 Å². The second-order valence-electron chi connectivity index (χ2n) is 9.01. The highest BCUT2D eigenvalue weighted by molar-refractivity contribution is 6.30. The van der Waals surface area contributed by atoms with E-state index in [2.05, 4.69) is 10.4 Å². The van der Waals surface area contributed by atoms with Crippen molar-refractivity contribution in [1.82, 2.24) is 19.7 Å². The van der Waals surface area contributed by atoms with Gasteiger partial charge in [0.05, 0.1) is 11.1 Å². The Labute approximate surface area is 206 Å². The zero-order valence-corrected chi connectivity index (χ0v) is 20.7. The average molecular weight is 509 g/mol. The number of benzene rings is 1. The molecule has 2 aromatic rings. The van der Waals surface area contributed by atoms with Gasteiger partial charge in [-0.1, -0.05) is 42.0 Å². The maximum absolute atomic E-state index is 13.1. The van der Waals surface area contributed by atoms with Crippen molar-refractivity contribution < 1.29 is 18.0 Å². The second kappa shape index (κ2) is 10.3. The lowest BCUT2D eigenvalue weighted by Gasteiger charge is -2.24. The fraction of sp³-hybridized carbons (Fsp3) is 0.400. The molecule has 1 aromatic heterocycles. The summed E-state index contributed by atoms with van der Waals surface area (Å²) in [6.07, 6.45) is 3.51. The smallest absolute Gasteiger partial charge is 0.346 e. The highest BCUT2D eigenvalue weighted by Crippen LogP contribution is 2.37. The molecule has 1 aliphatic carbocycles. The summed E-state index contributed by atoms with van der Waals surface area (Å²) in [5.74, 6) is 0.0285. The topological polar surface area (TPSA) is 68.9 Å². The minimum atomic E-state index is -4.43. The lowest BCUT2D eigenvalue weighted by molar-refractivity contribution is -0.125. The van der Waals surface area contributed by atoms with Crippen molar-refractivity contribution in [2.45, 2.75) is 64.3 Å². The van der Waals surface area contributed by atoms with Gasteiger partial charge < -0.3 is 5.32 Å². The van der Waals surface area contributed by atoms with Crippen LogP contribution in [0, 0.1) is 0 Å². The molecule has 1 amide bonds. The molecule has 0 spiro atoms. The third-order valence-electron chi connectivity index (χ3n) is 5.58. The number of nitrogens with zero attached hydrogens (tertiary/aromatic N) is 3. The molecule has 0 radical (unpaired) electrons. The zero-order chi connectivity index (χ0) is 26.0. The van der Waals surface area contributed by atoms with E-state index in [1.807, 2.05) is 0 Å². The Morgan fingerprint density at radius 3 is 2.37 bits per heavy atom. The first-order valence-electron chi connectivity index (χ1n) is 11.2. The number of halogens is 4. The summed E-state index contributed by atoms with van der Waals surface area (Å²) >= 11 is 5.98. The van der Waals surface area contributed by atoms with Crippen LogP contribution in [0.3, 0.4) is 0 Å². The second-order valence-corrected chi connectivity index (χ2v) is 9.44. The number of nitrogens with one attached hydrogen (secondary N) is 1. The van der Waals surface area contributed by atoms with Crippen molar-refractivity contribution in [3.63, 3.8) is 0 Å². The lowest BCUT2D eigenvalue weighted by Crippen LogP contribution is -2.46. The summed E-state index contributed by atoms with van der Waals surface area (Å²) in [4.78, 5) is 26.1. The summed E-state index contributed by atoms with van der Waals surface area (Å²) in [7, 11) is 0. The third-order valence-corrected chi connectivity index (χ3v) is 5.83. The van der Waals surface area contributed by atoms with Crippen molar-refractivity contribution in [2.75, 3.05) is 0 Å². The quantitative estimate of drug-likeness (QED) is 0.460. The normalized spacial score (nSPS) is 16.3. The average Bonchev–Trinajstić information content (AvgIpc) is 3.54. The molecule has 0 bridgehead atoms. The van der Waals surface area contributed by atoms with Crippen molar-refractivity contribution >= 4 is 17.5 Å². The van der Waals surface area contributed by atoms with Crippen LogP contribution in [0.25, 0.3) is 11.4 Å². The molecular formula is C25H28ClF3N4O2. The number of hydrogen-bond acceptors (Lipinski definition) is 3. The molecule has 1 saturated carbocycles. The van der Waals surface area contributed by atoms with Gasteiger partial charge in [0.25, 0.3) is 0 Å². The molecule has 188 valence electrons. The molecule has 1 heterocycles. The van der Waals surface area contributed by atoms with Crippen molar-refractivity contribution in [3.05, 3.63) is 75.7 Å². The Bertz CT molecular complexity index is 1220. The van der Waals surface area contributed by atoms with Crippen LogP contribution in [0.1, 0.15) is 52.6 Å². The van der Waals surface area contributed by atoms with E-state index in [0.717, 1.165) is 30.6 Å². The van der Waals surface area contributed by atoms with E-state index < -0.39 is 29.2 Å². The fourth-order valence-corrected chi connectivity index (χ4v) is 3.61. The predicted molar refractivity (Wildman–Crippen MR) is 130 cm³/mol. The molecule has 1 atom stereocenters. The predicted octanol–water partition coefficient (Wildman–Crippen LogP) is 5.78.